The minimum Gasteiger partial charge on any atom is -0.378 e. The van der Waals surface area contributed by atoms with Gasteiger partial charge in [-0.1, -0.05) is 18.2 Å². The standard InChI is InChI=1S/C24H28F4N4O2/c1-14(15-4-3-5-16(21(15)26)22(27)28)30-23(33)17-10-20(32-6-8-34-9-7-32)18(25)11-19(17)31-24(2)12-29-13-24/h3-5,10-11,14,22,29,31H,6-9,12-13H2,1-2H3,(H,30,33)/t14-/m1/s1. The molecule has 6 nitrogen and oxygen atoms in total. The molecule has 10 heteroatoms. The van der Waals surface area contributed by atoms with E-state index >= 15 is 4.39 Å². The molecule has 1 atom stereocenters. The van der Waals surface area contributed by atoms with Crippen LogP contribution < -0.4 is 20.9 Å². The van der Waals surface area contributed by atoms with Crippen LogP contribution in [-0.2, 0) is 4.74 Å². The maximum absolute atomic E-state index is 15.1. The molecule has 0 spiro atoms. The largest absolute Gasteiger partial charge is 0.378 e. The first kappa shape index (κ1) is 24.3. The molecule has 2 aliphatic rings. The average Bonchev–Trinajstić information content (AvgIpc) is 2.78. The van der Waals surface area contributed by atoms with Gasteiger partial charge >= 0.3 is 0 Å². The molecule has 2 aromatic carbocycles. The minimum atomic E-state index is -2.97. The first-order valence-electron chi connectivity index (χ1n) is 11.2. The lowest BCUT2D eigenvalue weighted by Gasteiger charge is -2.41. The fourth-order valence-corrected chi connectivity index (χ4v) is 4.24. The number of nitrogens with one attached hydrogen (secondary N) is 3. The summed E-state index contributed by atoms with van der Waals surface area (Å²) in [6.07, 6.45) is -2.97. The van der Waals surface area contributed by atoms with E-state index in [1.165, 1.54) is 31.2 Å². The van der Waals surface area contributed by atoms with E-state index in [0.717, 1.165) is 6.07 Å². The van der Waals surface area contributed by atoms with Crippen molar-refractivity contribution in [1.82, 2.24) is 10.6 Å². The first-order chi connectivity index (χ1) is 16.2. The lowest BCUT2D eigenvalue weighted by Crippen LogP contribution is -2.62. The fraction of sp³-hybridized carbons (Fsp3) is 0.458. The number of morpholine rings is 1. The number of amides is 1. The van der Waals surface area contributed by atoms with E-state index in [9.17, 15) is 18.0 Å². The van der Waals surface area contributed by atoms with Gasteiger partial charge in [-0.2, -0.15) is 0 Å². The van der Waals surface area contributed by atoms with Crippen LogP contribution in [0.5, 0.6) is 0 Å². The van der Waals surface area contributed by atoms with Gasteiger partial charge in [0.25, 0.3) is 12.3 Å². The highest BCUT2D eigenvalue weighted by Crippen LogP contribution is 2.32. The van der Waals surface area contributed by atoms with E-state index in [0.29, 0.717) is 45.1 Å². The maximum Gasteiger partial charge on any atom is 0.266 e. The van der Waals surface area contributed by atoms with Gasteiger partial charge in [-0.15, -0.1) is 0 Å². The Hall–Kier alpha value is -2.85. The summed E-state index contributed by atoms with van der Waals surface area (Å²) in [5, 5.41) is 9.07. The Bertz CT molecular complexity index is 1060. The summed E-state index contributed by atoms with van der Waals surface area (Å²) in [5.74, 6) is -2.09. The van der Waals surface area contributed by atoms with Crippen LogP contribution in [0.4, 0.5) is 28.9 Å². The molecule has 0 aromatic heterocycles. The van der Waals surface area contributed by atoms with Gasteiger partial charge < -0.3 is 25.6 Å². The second-order valence-electron chi connectivity index (χ2n) is 8.98. The van der Waals surface area contributed by atoms with Gasteiger partial charge in [0.2, 0.25) is 0 Å². The van der Waals surface area contributed by atoms with Crippen molar-refractivity contribution in [1.29, 1.82) is 0 Å². The number of hydrogen-bond donors (Lipinski definition) is 3. The first-order valence-corrected chi connectivity index (χ1v) is 11.2. The van der Waals surface area contributed by atoms with Gasteiger partial charge in [0, 0.05) is 31.7 Å². The van der Waals surface area contributed by atoms with Crippen molar-refractivity contribution in [2.24, 2.45) is 0 Å². The maximum atomic E-state index is 15.1. The normalized spacial score (nSPS) is 18.4. The van der Waals surface area contributed by atoms with Crippen LogP contribution in [0.2, 0.25) is 0 Å². The number of carbonyl (C=O) groups is 1. The number of rotatable bonds is 7. The highest BCUT2D eigenvalue weighted by molar-refractivity contribution is 6.01. The Balaban J connectivity index is 1.65. The van der Waals surface area contributed by atoms with Crippen molar-refractivity contribution >= 4 is 17.3 Å². The van der Waals surface area contributed by atoms with E-state index < -0.39 is 35.6 Å². The molecule has 34 heavy (non-hydrogen) atoms. The number of carbonyl (C=O) groups excluding carboxylic acids is 1. The lowest BCUT2D eigenvalue weighted by molar-refractivity contribution is 0.0940. The summed E-state index contributed by atoms with van der Waals surface area (Å²) in [7, 11) is 0. The zero-order valence-electron chi connectivity index (χ0n) is 19.1. The molecule has 0 unspecified atom stereocenters. The molecule has 3 N–H and O–H groups in total. The molecule has 2 heterocycles. The van der Waals surface area contributed by atoms with Crippen LogP contribution in [0.25, 0.3) is 0 Å². The summed E-state index contributed by atoms with van der Waals surface area (Å²) < 4.78 is 61.3. The van der Waals surface area contributed by atoms with E-state index in [1.54, 1.807) is 4.90 Å². The molecular weight excluding hydrogens is 452 g/mol. The highest BCUT2D eigenvalue weighted by Gasteiger charge is 2.33. The predicted molar refractivity (Wildman–Crippen MR) is 122 cm³/mol. The van der Waals surface area contributed by atoms with Crippen molar-refractivity contribution in [3.8, 4) is 0 Å². The smallest absolute Gasteiger partial charge is 0.266 e. The van der Waals surface area contributed by atoms with E-state index in [1.807, 2.05) is 6.92 Å². The third-order valence-electron chi connectivity index (χ3n) is 6.26. The van der Waals surface area contributed by atoms with Crippen LogP contribution in [0.1, 0.15) is 47.8 Å². The van der Waals surface area contributed by atoms with E-state index in [-0.39, 0.29) is 22.4 Å². The predicted octanol–water partition coefficient (Wildman–Crippen LogP) is 4.00. The third-order valence-corrected chi connectivity index (χ3v) is 6.26. The Morgan fingerprint density at radius 1 is 1.15 bits per heavy atom. The van der Waals surface area contributed by atoms with Crippen LogP contribution in [0, 0.1) is 11.6 Å². The highest BCUT2D eigenvalue weighted by atomic mass is 19.3. The molecule has 4 rings (SSSR count). The number of halogens is 4. The molecule has 0 radical (unpaired) electrons. The number of nitrogens with zero attached hydrogens (tertiary/aromatic N) is 1. The van der Waals surface area contributed by atoms with Gasteiger partial charge in [-0.25, -0.2) is 17.6 Å². The van der Waals surface area contributed by atoms with Gasteiger partial charge in [-0.05, 0) is 26.0 Å². The molecule has 2 aromatic rings. The zero-order valence-corrected chi connectivity index (χ0v) is 19.1. The van der Waals surface area contributed by atoms with E-state index in [4.69, 9.17) is 4.74 Å². The summed E-state index contributed by atoms with van der Waals surface area (Å²) in [6, 6.07) is 5.59. The minimum absolute atomic E-state index is 0.0497. The Morgan fingerprint density at radius 3 is 2.44 bits per heavy atom. The van der Waals surface area contributed by atoms with Crippen molar-refractivity contribution < 1.29 is 27.1 Å². The number of alkyl halides is 2. The molecule has 0 saturated carbocycles. The SMILES string of the molecule is C[C@@H](NC(=O)c1cc(N2CCOCC2)c(F)cc1NC1(C)CNC1)c1cccc(C(F)F)c1F. The van der Waals surface area contributed by atoms with Gasteiger partial charge in [-0.3, -0.25) is 4.79 Å². The Labute approximate surface area is 195 Å². The number of hydrogen-bond acceptors (Lipinski definition) is 5. The summed E-state index contributed by atoms with van der Waals surface area (Å²) in [4.78, 5) is 15.1. The monoisotopic (exact) mass is 480 g/mol. The number of anilines is 2. The van der Waals surface area contributed by atoms with E-state index in [2.05, 4.69) is 16.0 Å². The van der Waals surface area contributed by atoms with Crippen LogP contribution in [0.3, 0.4) is 0 Å². The van der Waals surface area contributed by atoms with Crippen molar-refractivity contribution in [2.75, 3.05) is 49.6 Å². The molecule has 0 bridgehead atoms. The second-order valence-corrected chi connectivity index (χ2v) is 8.98. The molecule has 2 saturated heterocycles. The van der Waals surface area contributed by atoms with Gasteiger partial charge in [0.05, 0.1) is 47.3 Å². The quantitative estimate of drug-likeness (QED) is 0.523. The van der Waals surface area contributed by atoms with Crippen LogP contribution in [-0.4, -0.2) is 50.8 Å². The van der Waals surface area contributed by atoms with Crippen molar-refractivity contribution in [3.63, 3.8) is 0 Å². The number of benzene rings is 2. The lowest BCUT2D eigenvalue weighted by atomic mass is 9.94. The number of ether oxygens (including phenoxy) is 1. The fourth-order valence-electron chi connectivity index (χ4n) is 4.24. The van der Waals surface area contributed by atoms with Gasteiger partial charge in [0.1, 0.15) is 11.6 Å². The molecular formula is C24H28F4N4O2. The Morgan fingerprint density at radius 2 is 1.82 bits per heavy atom. The average molecular weight is 481 g/mol. The molecule has 2 aliphatic heterocycles. The summed E-state index contributed by atoms with van der Waals surface area (Å²) in [6.45, 7) is 6.60. The van der Waals surface area contributed by atoms with Crippen LogP contribution >= 0.6 is 0 Å². The van der Waals surface area contributed by atoms with Crippen LogP contribution in [0.15, 0.2) is 30.3 Å². The topological polar surface area (TPSA) is 65.6 Å². The molecule has 0 aliphatic carbocycles. The molecule has 2 fully saturated rings. The molecule has 184 valence electrons. The summed E-state index contributed by atoms with van der Waals surface area (Å²) >= 11 is 0. The second kappa shape index (κ2) is 9.79. The molecule has 1 amide bonds. The van der Waals surface area contributed by atoms with Gasteiger partial charge in [0.15, 0.2) is 0 Å². The summed E-state index contributed by atoms with van der Waals surface area (Å²) in [5.41, 5.74) is -0.354. The zero-order chi connectivity index (χ0) is 24.5. The third kappa shape index (κ3) is 4.97. The van der Waals surface area contributed by atoms with Crippen molar-refractivity contribution in [2.45, 2.75) is 31.9 Å². The van der Waals surface area contributed by atoms with Crippen molar-refractivity contribution in [3.05, 3.63) is 58.7 Å². The Kier molecular flexibility index (Phi) is 6.99.